The van der Waals surface area contributed by atoms with Gasteiger partial charge in [0.1, 0.15) is 11.5 Å². The van der Waals surface area contributed by atoms with Crippen LogP contribution in [0.4, 0.5) is 0 Å². The second-order valence-corrected chi connectivity index (χ2v) is 8.29. The maximum atomic E-state index is 12.2. The van der Waals surface area contributed by atoms with Crippen molar-refractivity contribution in [1.82, 2.24) is 4.90 Å². The Kier molecular flexibility index (Phi) is 5.69. The lowest BCUT2D eigenvalue weighted by Gasteiger charge is -2.33. The molecule has 2 heterocycles. The van der Waals surface area contributed by atoms with Crippen LogP contribution >= 0.6 is 11.8 Å². The highest BCUT2D eigenvalue weighted by Gasteiger charge is 2.31. The number of para-hydroxylation sites is 2. The number of fused-ring (bicyclic) bond motifs is 2. The molecule has 0 aliphatic carbocycles. The van der Waals surface area contributed by atoms with E-state index in [1.807, 2.05) is 43.0 Å². The van der Waals surface area contributed by atoms with Gasteiger partial charge in [0, 0.05) is 18.7 Å². The van der Waals surface area contributed by atoms with Gasteiger partial charge in [0.2, 0.25) is 0 Å². The van der Waals surface area contributed by atoms with Gasteiger partial charge in [-0.2, -0.15) is 0 Å². The van der Waals surface area contributed by atoms with Crippen LogP contribution in [0, 0.1) is 5.92 Å². The molecule has 2 aliphatic heterocycles. The Bertz CT molecular complexity index is 810. The van der Waals surface area contributed by atoms with E-state index in [4.69, 9.17) is 9.47 Å². The zero-order valence-corrected chi connectivity index (χ0v) is 16.4. The maximum Gasteiger partial charge on any atom is 0.310 e. The zero-order chi connectivity index (χ0) is 18.6. The number of carbonyl (C=O) groups excluding carboxylic acids is 1. The Balaban J connectivity index is 1.55. The Morgan fingerprint density at radius 2 is 1.96 bits per heavy atom. The minimum atomic E-state index is -0.0511. The normalized spacial score (nSPS) is 22.1. The van der Waals surface area contributed by atoms with E-state index in [0.29, 0.717) is 6.61 Å². The Labute approximate surface area is 164 Å². The number of carbonyl (C=O) groups is 1. The fourth-order valence-corrected chi connectivity index (χ4v) is 5.15. The molecule has 2 aromatic carbocycles. The van der Waals surface area contributed by atoms with E-state index in [9.17, 15) is 4.79 Å². The van der Waals surface area contributed by atoms with Crippen molar-refractivity contribution in [1.29, 1.82) is 0 Å². The van der Waals surface area contributed by atoms with Crippen LogP contribution in [0.5, 0.6) is 11.5 Å². The van der Waals surface area contributed by atoms with E-state index in [1.165, 1.54) is 5.56 Å². The molecule has 0 radical (unpaired) electrons. The minimum Gasteiger partial charge on any atom is -0.466 e. The number of benzene rings is 2. The number of ether oxygens (including phenoxy) is 2. The van der Waals surface area contributed by atoms with Gasteiger partial charge in [-0.05, 0) is 44.5 Å². The van der Waals surface area contributed by atoms with Gasteiger partial charge in [0.15, 0.2) is 0 Å². The van der Waals surface area contributed by atoms with Crippen molar-refractivity contribution < 1.29 is 14.3 Å². The van der Waals surface area contributed by atoms with Crippen molar-refractivity contribution in [3.63, 3.8) is 0 Å². The first-order valence-corrected chi connectivity index (χ1v) is 10.5. The number of thioether (sulfide) groups is 1. The molecule has 4 rings (SSSR count). The van der Waals surface area contributed by atoms with Crippen molar-refractivity contribution in [3.8, 4) is 11.5 Å². The summed E-state index contributed by atoms with van der Waals surface area (Å²) in [4.78, 5) is 15.8. The minimum absolute atomic E-state index is 0.00624. The van der Waals surface area contributed by atoms with Crippen LogP contribution < -0.4 is 4.74 Å². The van der Waals surface area contributed by atoms with Crippen molar-refractivity contribution >= 4 is 17.7 Å². The van der Waals surface area contributed by atoms with Gasteiger partial charge >= 0.3 is 5.97 Å². The topological polar surface area (TPSA) is 38.8 Å². The third kappa shape index (κ3) is 4.14. The van der Waals surface area contributed by atoms with Crippen molar-refractivity contribution in [2.45, 2.75) is 29.9 Å². The molecule has 27 heavy (non-hydrogen) atoms. The summed E-state index contributed by atoms with van der Waals surface area (Å²) in [7, 11) is 0. The molecule has 0 N–H and O–H groups in total. The Hall–Kier alpha value is -1.98. The van der Waals surface area contributed by atoms with Crippen molar-refractivity contribution in [3.05, 3.63) is 54.1 Å². The van der Waals surface area contributed by atoms with Gasteiger partial charge in [-0.25, -0.2) is 0 Å². The molecular formula is C22H25NO3S. The fraction of sp³-hybridized carbons (Fsp3) is 0.409. The molecule has 0 spiro atoms. The van der Waals surface area contributed by atoms with Crippen molar-refractivity contribution in [2.75, 3.05) is 26.2 Å². The maximum absolute atomic E-state index is 12.2. The lowest BCUT2D eigenvalue weighted by Crippen LogP contribution is -2.40. The molecule has 0 bridgehead atoms. The monoisotopic (exact) mass is 383 g/mol. The number of hydrogen-bond acceptors (Lipinski definition) is 5. The molecule has 4 nitrogen and oxygen atoms in total. The van der Waals surface area contributed by atoms with Gasteiger partial charge in [-0.3, -0.25) is 4.79 Å². The van der Waals surface area contributed by atoms with Crippen LogP contribution in [0.2, 0.25) is 0 Å². The zero-order valence-electron chi connectivity index (χ0n) is 15.6. The molecular weight excluding hydrogens is 358 g/mol. The lowest BCUT2D eigenvalue weighted by atomic mass is 9.97. The van der Waals surface area contributed by atoms with Crippen LogP contribution in [-0.2, 0) is 9.53 Å². The quantitative estimate of drug-likeness (QED) is 0.702. The van der Waals surface area contributed by atoms with Gasteiger partial charge in [0.25, 0.3) is 0 Å². The number of likely N-dealkylation sites (tertiary alicyclic amines) is 1. The number of rotatable bonds is 4. The molecule has 142 valence electrons. The van der Waals surface area contributed by atoms with E-state index >= 15 is 0 Å². The summed E-state index contributed by atoms with van der Waals surface area (Å²) in [5.41, 5.74) is 1.22. The number of piperidine rings is 1. The summed E-state index contributed by atoms with van der Waals surface area (Å²) in [6.45, 7) is 5.03. The molecule has 2 aromatic rings. The first-order valence-electron chi connectivity index (χ1n) is 9.66. The highest BCUT2D eigenvalue weighted by Crippen LogP contribution is 2.48. The molecule has 0 amide bonds. The first kappa shape index (κ1) is 18.4. The summed E-state index contributed by atoms with van der Waals surface area (Å²) in [5, 5.41) is 0.269. The van der Waals surface area contributed by atoms with Gasteiger partial charge in [0.05, 0.1) is 22.7 Å². The van der Waals surface area contributed by atoms with Gasteiger partial charge in [-0.1, -0.05) is 30.3 Å². The summed E-state index contributed by atoms with van der Waals surface area (Å²) in [5.74, 6) is 1.79. The molecule has 1 saturated heterocycles. The number of esters is 1. The van der Waals surface area contributed by atoms with E-state index in [-0.39, 0.29) is 17.1 Å². The molecule has 0 saturated carbocycles. The Morgan fingerprint density at radius 1 is 1.19 bits per heavy atom. The predicted molar refractivity (Wildman–Crippen MR) is 107 cm³/mol. The van der Waals surface area contributed by atoms with Crippen LogP contribution in [0.1, 0.15) is 30.6 Å². The summed E-state index contributed by atoms with van der Waals surface area (Å²) >= 11 is 1.85. The lowest BCUT2D eigenvalue weighted by molar-refractivity contribution is -0.149. The average molecular weight is 384 g/mol. The molecule has 2 aliphatic rings. The molecule has 1 unspecified atom stereocenters. The molecule has 5 heteroatoms. The SMILES string of the molecule is CCOC(=O)[C@@H]1CCCN(CC2Sc3ccccc3Oc3ccccc32)C1. The smallest absolute Gasteiger partial charge is 0.310 e. The van der Waals surface area contributed by atoms with Gasteiger partial charge < -0.3 is 14.4 Å². The summed E-state index contributed by atoms with van der Waals surface area (Å²) in [6.07, 6.45) is 1.96. The van der Waals surface area contributed by atoms with Crippen molar-refractivity contribution in [2.24, 2.45) is 5.92 Å². The van der Waals surface area contributed by atoms with Gasteiger partial charge in [-0.15, -0.1) is 11.8 Å². The highest BCUT2D eigenvalue weighted by atomic mass is 32.2. The van der Waals surface area contributed by atoms with Crippen LogP contribution in [0.3, 0.4) is 0 Å². The predicted octanol–water partition coefficient (Wildman–Crippen LogP) is 4.90. The van der Waals surface area contributed by atoms with E-state index < -0.39 is 0 Å². The van der Waals surface area contributed by atoms with E-state index in [0.717, 1.165) is 48.9 Å². The fourth-order valence-electron chi connectivity index (χ4n) is 3.85. The third-order valence-electron chi connectivity index (χ3n) is 5.15. The number of nitrogens with zero attached hydrogens (tertiary/aromatic N) is 1. The second-order valence-electron chi connectivity index (χ2n) is 7.04. The summed E-state index contributed by atoms with van der Waals surface area (Å²) in [6, 6.07) is 16.5. The van der Waals surface area contributed by atoms with E-state index in [2.05, 4.69) is 29.2 Å². The van der Waals surface area contributed by atoms with Crippen LogP contribution in [0.25, 0.3) is 0 Å². The average Bonchev–Trinajstić information content (AvgIpc) is 2.85. The number of hydrogen-bond donors (Lipinski definition) is 0. The van der Waals surface area contributed by atoms with E-state index in [1.54, 1.807) is 0 Å². The highest BCUT2D eigenvalue weighted by molar-refractivity contribution is 7.99. The largest absolute Gasteiger partial charge is 0.466 e. The molecule has 0 aromatic heterocycles. The van der Waals surface area contributed by atoms with Crippen LogP contribution in [-0.4, -0.2) is 37.1 Å². The Morgan fingerprint density at radius 3 is 2.81 bits per heavy atom. The second kappa shape index (κ2) is 8.36. The first-order chi connectivity index (χ1) is 13.2. The molecule has 2 atom stereocenters. The standard InChI is InChI=1S/C22H25NO3S/c1-2-25-22(24)16-8-7-13-23(14-16)15-21-17-9-3-4-10-18(17)26-19-11-5-6-12-20(19)27-21/h3-6,9-12,16,21H,2,7-8,13-15H2,1H3/t16-,21?/m1/s1. The molecule has 1 fully saturated rings. The summed E-state index contributed by atoms with van der Waals surface area (Å²) < 4.78 is 11.5. The van der Waals surface area contributed by atoms with Crippen LogP contribution in [0.15, 0.2) is 53.4 Å². The third-order valence-corrected chi connectivity index (χ3v) is 6.43.